The number of thiophene rings is 1. The van der Waals surface area contributed by atoms with Crippen molar-refractivity contribution in [1.29, 1.82) is 0 Å². The number of benzene rings is 2. The maximum Gasteiger partial charge on any atom is 0.150 e. The molecule has 0 unspecified atom stereocenters. The van der Waals surface area contributed by atoms with Crippen molar-refractivity contribution in [3.63, 3.8) is 0 Å². The van der Waals surface area contributed by atoms with Crippen molar-refractivity contribution in [2.75, 3.05) is 6.61 Å². The van der Waals surface area contributed by atoms with Crippen molar-refractivity contribution in [3.8, 4) is 10.4 Å². The summed E-state index contributed by atoms with van der Waals surface area (Å²) in [4.78, 5) is 2.26. The smallest absolute Gasteiger partial charge is 0.150 e. The molecule has 0 fully saturated rings. The Bertz CT molecular complexity index is 1060. The third kappa shape index (κ3) is 4.32. The minimum absolute atomic E-state index is 0.247. The van der Waals surface area contributed by atoms with E-state index in [4.69, 9.17) is 4.74 Å². The Hall–Kier alpha value is -2.51. The largest absolute Gasteiger partial charge is 0.485 e. The van der Waals surface area contributed by atoms with Gasteiger partial charge in [0.25, 0.3) is 0 Å². The number of ether oxygens (including phenoxy) is 1. The molecular formula is C24H23FO4S. The van der Waals surface area contributed by atoms with E-state index in [9.17, 15) is 19.7 Å². The van der Waals surface area contributed by atoms with Gasteiger partial charge in [-0.15, -0.1) is 11.3 Å². The highest BCUT2D eigenvalue weighted by molar-refractivity contribution is 7.15. The first-order valence-electron chi connectivity index (χ1n) is 9.74. The maximum absolute atomic E-state index is 13.2. The monoisotopic (exact) mass is 426 g/mol. The number of aliphatic hydroxyl groups excluding tert-OH is 3. The number of rotatable bonds is 5. The molecule has 2 heterocycles. The number of aliphatic hydroxyl groups is 3. The summed E-state index contributed by atoms with van der Waals surface area (Å²) in [5.41, 5.74) is 4.02. The summed E-state index contributed by atoms with van der Waals surface area (Å²) in [6, 6.07) is 16.5. The fraction of sp³-hybridized carbons (Fsp3) is 0.250. The number of hydrogen-bond donors (Lipinski definition) is 3. The normalized spacial score (nSPS) is 21.2. The molecule has 1 aliphatic rings. The summed E-state index contributed by atoms with van der Waals surface area (Å²) in [6.45, 7) is 1.66. The summed E-state index contributed by atoms with van der Waals surface area (Å²) >= 11 is 1.67. The van der Waals surface area contributed by atoms with Crippen LogP contribution in [-0.4, -0.2) is 40.2 Å². The van der Waals surface area contributed by atoms with E-state index >= 15 is 0 Å². The van der Waals surface area contributed by atoms with Crippen molar-refractivity contribution in [3.05, 3.63) is 88.1 Å². The van der Waals surface area contributed by atoms with Crippen LogP contribution in [0.2, 0.25) is 0 Å². The van der Waals surface area contributed by atoms with Gasteiger partial charge in [-0.2, -0.15) is 0 Å². The van der Waals surface area contributed by atoms with Crippen LogP contribution in [-0.2, 0) is 11.2 Å². The molecule has 3 atom stereocenters. The minimum Gasteiger partial charge on any atom is -0.485 e. The van der Waals surface area contributed by atoms with Crippen LogP contribution in [0.3, 0.4) is 0 Å². The van der Waals surface area contributed by atoms with Gasteiger partial charge in [0.1, 0.15) is 23.8 Å². The second kappa shape index (κ2) is 8.70. The van der Waals surface area contributed by atoms with Crippen molar-refractivity contribution < 1.29 is 24.4 Å². The molecule has 0 spiro atoms. The molecule has 156 valence electrons. The lowest BCUT2D eigenvalue weighted by Crippen LogP contribution is -2.43. The Morgan fingerprint density at radius 1 is 1.00 bits per heavy atom. The third-order valence-corrected chi connectivity index (χ3v) is 6.43. The van der Waals surface area contributed by atoms with E-state index in [0.29, 0.717) is 5.76 Å². The van der Waals surface area contributed by atoms with Gasteiger partial charge in [-0.3, -0.25) is 0 Å². The van der Waals surface area contributed by atoms with E-state index in [1.165, 1.54) is 23.1 Å². The molecule has 0 bridgehead atoms. The van der Waals surface area contributed by atoms with Crippen LogP contribution < -0.4 is 0 Å². The molecule has 0 saturated carbocycles. The Morgan fingerprint density at radius 3 is 2.47 bits per heavy atom. The van der Waals surface area contributed by atoms with Gasteiger partial charge in [-0.05, 0) is 60.0 Å². The SMILES string of the molecule is Cc1ccc(C2=C[C@@H](O)[C@H](O)[C@@H](CO)O2)cc1Cc1ccc(-c2ccc(F)cc2)s1. The Kier molecular flexibility index (Phi) is 6.01. The topological polar surface area (TPSA) is 69.9 Å². The Balaban J connectivity index is 1.57. The van der Waals surface area contributed by atoms with Crippen molar-refractivity contribution in [1.82, 2.24) is 0 Å². The average molecular weight is 427 g/mol. The molecule has 0 amide bonds. The molecule has 3 N–H and O–H groups in total. The molecule has 30 heavy (non-hydrogen) atoms. The first-order chi connectivity index (χ1) is 14.4. The zero-order valence-electron chi connectivity index (χ0n) is 16.5. The molecule has 3 aromatic rings. The molecule has 1 aromatic heterocycles. The quantitative estimate of drug-likeness (QED) is 0.579. The number of aryl methyl sites for hydroxylation is 1. The molecule has 1 aliphatic heterocycles. The summed E-state index contributed by atoms with van der Waals surface area (Å²) in [5, 5.41) is 29.4. The van der Waals surface area contributed by atoms with E-state index in [1.807, 2.05) is 31.2 Å². The second-order valence-corrected chi connectivity index (χ2v) is 8.61. The Morgan fingerprint density at radius 2 is 1.73 bits per heavy atom. The fourth-order valence-electron chi connectivity index (χ4n) is 3.50. The van der Waals surface area contributed by atoms with Gasteiger partial charge < -0.3 is 20.1 Å². The van der Waals surface area contributed by atoms with Crippen molar-refractivity contribution >= 4 is 17.1 Å². The van der Waals surface area contributed by atoms with Crippen molar-refractivity contribution in [2.24, 2.45) is 0 Å². The molecule has 2 aromatic carbocycles. The van der Waals surface area contributed by atoms with E-state index in [1.54, 1.807) is 23.5 Å². The highest BCUT2D eigenvalue weighted by Crippen LogP contribution is 2.32. The zero-order valence-corrected chi connectivity index (χ0v) is 17.3. The number of hydrogen-bond acceptors (Lipinski definition) is 5. The van der Waals surface area contributed by atoms with E-state index < -0.39 is 18.3 Å². The lowest BCUT2D eigenvalue weighted by atomic mass is 9.97. The van der Waals surface area contributed by atoms with Crippen LogP contribution in [0.4, 0.5) is 4.39 Å². The standard InChI is InChI=1S/C24H23FO4S/c1-14-2-3-16(21-12-20(27)24(28)22(13-26)29-21)10-17(14)11-19-8-9-23(30-19)15-4-6-18(25)7-5-15/h2-10,12,20,22,24,26-28H,11,13H2,1H3/t20-,22-,24+/m1/s1. The van der Waals surface area contributed by atoms with Crippen LogP contribution in [0.25, 0.3) is 16.2 Å². The fourth-order valence-corrected chi connectivity index (χ4v) is 4.54. The Labute approximate surface area is 178 Å². The average Bonchev–Trinajstić information content (AvgIpc) is 3.20. The summed E-state index contributed by atoms with van der Waals surface area (Å²) in [7, 11) is 0. The van der Waals surface area contributed by atoms with Gasteiger partial charge >= 0.3 is 0 Å². The van der Waals surface area contributed by atoms with Crippen molar-refractivity contribution in [2.45, 2.75) is 31.7 Å². The first kappa shape index (κ1) is 20.8. The summed E-state index contributed by atoms with van der Waals surface area (Å²) in [5.74, 6) is 0.203. The molecule has 6 heteroatoms. The highest BCUT2D eigenvalue weighted by Gasteiger charge is 2.32. The van der Waals surface area contributed by atoms with Crippen LogP contribution in [0, 0.1) is 12.7 Å². The van der Waals surface area contributed by atoms with Gasteiger partial charge in [-0.25, -0.2) is 4.39 Å². The zero-order chi connectivity index (χ0) is 21.3. The van der Waals surface area contributed by atoms with E-state index in [-0.39, 0.29) is 12.4 Å². The molecule has 0 aliphatic carbocycles. The van der Waals surface area contributed by atoms with Gasteiger partial charge in [0.15, 0.2) is 6.10 Å². The predicted octanol–water partition coefficient (Wildman–Crippen LogP) is 3.91. The number of halogens is 1. The van der Waals surface area contributed by atoms with Crippen LogP contribution >= 0.6 is 11.3 Å². The second-order valence-electron chi connectivity index (χ2n) is 7.44. The first-order valence-corrected chi connectivity index (χ1v) is 10.6. The molecule has 0 radical (unpaired) electrons. The molecule has 0 saturated heterocycles. The van der Waals surface area contributed by atoms with Crippen LogP contribution in [0.1, 0.15) is 21.6 Å². The lowest BCUT2D eigenvalue weighted by molar-refractivity contribution is -0.0723. The maximum atomic E-state index is 13.2. The molecule has 4 rings (SSSR count). The van der Waals surface area contributed by atoms with Gasteiger partial charge in [0.05, 0.1) is 6.61 Å². The third-order valence-electron chi connectivity index (χ3n) is 5.30. The van der Waals surface area contributed by atoms with Gasteiger partial charge in [0, 0.05) is 21.7 Å². The van der Waals surface area contributed by atoms with Gasteiger partial charge in [0.2, 0.25) is 0 Å². The lowest BCUT2D eigenvalue weighted by Gasteiger charge is -2.31. The summed E-state index contributed by atoms with van der Waals surface area (Å²) < 4.78 is 18.9. The molecule has 4 nitrogen and oxygen atoms in total. The van der Waals surface area contributed by atoms with Crippen LogP contribution in [0.15, 0.2) is 60.7 Å². The predicted molar refractivity (Wildman–Crippen MR) is 116 cm³/mol. The summed E-state index contributed by atoms with van der Waals surface area (Å²) in [6.07, 6.45) is -0.901. The van der Waals surface area contributed by atoms with Crippen LogP contribution in [0.5, 0.6) is 0 Å². The van der Waals surface area contributed by atoms with E-state index in [0.717, 1.165) is 33.6 Å². The minimum atomic E-state index is -1.15. The molecular weight excluding hydrogens is 403 g/mol. The highest BCUT2D eigenvalue weighted by atomic mass is 32.1. The van der Waals surface area contributed by atoms with Gasteiger partial charge in [-0.1, -0.05) is 24.3 Å². The van der Waals surface area contributed by atoms with E-state index in [2.05, 4.69) is 6.07 Å².